The number of benzene rings is 3. The third-order valence-corrected chi connectivity index (χ3v) is 4.40. The maximum absolute atomic E-state index is 2.36. The first kappa shape index (κ1) is 19.0. The van der Waals surface area contributed by atoms with Crippen LogP contribution in [-0.4, -0.2) is 38.8 Å². The lowest BCUT2D eigenvalue weighted by Crippen LogP contribution is -2.64. The molecule has 0 N–H and O–H groups in total. The third-order valence-electron chi connectivity index (χ3n) is 4.40. The summed E-state index contributed by atoms with van der Waals surface area (Å²) in [4.78, 5) is 0. The highest BCUT2D eigenvalue weighted by atomic mass is 15.2. The molecule has 0 radical (unpaired) electrons. The van der Waals surface area contributed by atoms with E-state index in [2.05, 4.69) is 126 Å². The standard InChI is InChI=1S/C19H18B.C4H12N/c1-20(17-11-5-2-6-12-17,18-13-7-3-8-14-18)19-15-9-4-10-16-19;1-5(2,3)4/h2-16H,1H3;1-4H3/q-1;+1. The van der Waals surface area contributed by atoms with Gasteiger partial charge in [-0.2, -0.15) is 6.82 Å². The normalized spacial score (nSPS) is 11.4. The molecule has 3 rings (SSSR count). The van der Waals surface area contributed by atoms with E-state index in [0.29, 0.717) is 0 Å². The molecular weight excluding hydrogens is 301 g/mol. The van der Waals surface area contributed by atoms with E-state index in [1.807, 2.05) is 0 Å². The number of hydrogen-bond donors (Lipinski definition) is 0. The van der Waals surface area contributed by atoms with Crippen LogP contribution in [0, 0.1) is 0 Å². The lowest BCUT2D eigenvalue weighted by molar-refractivity contribution is -0.849. The topological polar surface area (TPSA) is 0 Å². The molecule has 0 atom stereocenters. The first-order chi connectivity index (χ1) is 11.8. The minimum atomic E-state index is -0.912. The molecule has 0 bridgehead atoms. The van der Waals surface area contributed by atoms with Crippen molar-refractivity contribution in [3.05, 3.63) is 91.0 Å². The molecule has 0 saturated heterocycles. The van der Waals surface area contributed by atoms with Crippen molar-refractivity contribution < 1.29 is 4.48 Å². The second kappa shape index (κ2) is 8.18. The van der Waals surface area contributed by atoms with E-state index < -0.39 is 6.15 Å². The smallest absolute Gasteiger partial charge is 0.0787 e. The molecular formula is C23H30BN. The van der Waals surface area contributed by atoms with Crippen molar-refractivity contribution in [2.24, 2.45) is 0 Å². The highest BCUT2D eigenvalue weighted by molar-refractivity contribution is 7.10. The quantitative estimate of drug-likeness (QED) is 0.511. The summed E-state index contributed by atoms with van der Waals surface area (Å²) >= 11 is 0. The van der Waals surface area contributed by atoms with Crippen LogP contribution in [-0.2, 0) is 0 Å². The molecule has 0 aromatic heterocycles. The first-order valence-electron chi connectivity index (χ1n) is 8.96. The molecule has 0 aliphatic rings. The van der Waals surface area contributed by atoms with E-state index in [4.69, 9.17) is 0 Å². The molecule has 0 aliphatic carbocycles. The molecule has 130 valence electrons. The van der Waals surface area contributed by atoms with Crippen LogP contribution in [0.4, 0.5) is 0 Å². The largest absolute Gasteiger partial charge is 0.333 e. The van der Waals surface area contributed by atoms with Gasteiger partial charge < -0.3 is 4.48 Å². The van der Waals surface area contributed by atoms with E-state index in [-0.39, 0.29) is 0 Å². The summed E-state index contributed by atoms with van der Waals surface area (Å²) in [5.41, 5.74) is 4.14. The molecule has 0 fully saturated rings. The fourth-order valence-corrected chi connectivity index (χ4v) is 3.09. The lowest BCUT2D eigenvalue weighted by atomic mass is 9.17. The Hall–Kier alpha value is -2.32. The monoisotopic (exact) mass is 331 g/mol. The van der Waals surface area contributed by atoms with Crippen LogP contribution in [0.1, 0.15) is 0 Å². The van der Waals surface area contributed by atoms with Gasteiger partial charge in [0.15, 0.2) is 0 Å². The Labute approximate surface area is 153 Å². The molecule has 25 heavy (non-hydrogen) atoms. The predicted octanol–water partition coefficient (Wildman–Crippen LogP) is 3.11. The Morgan fingerprint density at radius 2 is 0.680 bits per heavy atom. The summed E-state index contributed by atoms with van der Waals surface area (Å²) in [7, 11) is 8.50. The van der Waals surface area contributed by atoms with Crippen LogP contribution in [0.15, 0.2) is 91.0 Å². The van der Waals surface area contributed by atoms with Crippen molar-refractivity contribution in [3.63, 3.8) is 0 Å². The number of nitrogens with zero attached hydrogens (tertiary/aromatic N) is 1. The molecule has 2 heteroatoms. The maximum Gasteiger partial charge on any atom is 0.0787 e. The summed E-state index contributed by atoms with van der Waals surface area (Å²) in [6.07, 6.45) is -0.912. The van der Waals surface area contributed by atoms with Crippen LogP contribution < -0.4 is 16.4 Å². The van der Waals surface area contributed by atoms with Gasteiger partial charge in [0.05, 0.1) is 34.3 Å². The van der Waals surface area contributed by atoms with Crippen LogP contribution in [0.2, 0.25) is 6.82 Å². The Morgan fingerprint density at radius 3 is 0.880 bits per heavy atom. The van der Waals surface area contributed by atoms with E-state index in [9.17, 15) is 0 Å². The molecule has 1 nitrogen and oxygen atoms in total. The zero-order valence-corrected chi connectivity index (χ0v) is 16.2. The average Bonchev–Trinajstić information content (AvgIpc) is 2.62. The molecule has 0 spiro atoms. The summed E-state index contributed by atoms with van der Waals surface area (Å²) in [5, 5.41) is 0. The van der Waals surface area contributed by atoms with Gasteiger partial charge in [-0.3, -0.25) is 0 Å². The maximum atomic E-state index is 2.36. The van der Waals surface area contributed by atoms with Gasteiger partial charge in [-0.25, -0.2) is 16.4 Å². The van der Waals surface area contributed by atoms with Crippen LogP contribution >= 0.6 is 0 Å². The lowest BCUT2D eigenvalue weighted by Gasteiger charge is -2.39. The minimum absolute atomic E-state index is 0.912. The first-order valence-corrected chi connectivity index (χ1v) is 8.96. The van der Waals surface area contributed by atoms with E-state index >= 15 is 0 Å². The molecule has 0 heterocycles. The molecule has 0 amide bonds. The summed E-state index contributed by atoms with van der Waals surface area (Å²) in [6, 6.07) is 32.4. The highest BCUT2D eigenvalue weighted by Crippen LogP contribution is 2.06. The molecule has 3 aromatic carbocycles. The Balaban J connectivity index is 0.000000399. The Morgan fingerprint density at radius 1 is 0.480 bits per heavy atom. The van der Waals surface area contributed by atoms with Crippen LogP contribution in [0.25, 0.3) is 0 Å². The second-order valence-electron chi connectivity index (χ2n) is 8.21. The fraction of sp³-hybridized carbons (Fsp3) is 0.217. The number of quaternary nitrogens is 1. The average molecular weight is 331 g/mol. The second-order valence-corrected chi connectivity index (χ2v) is 8.21. The minimum Gasteiger partial charge on any atom is -0.333 e. The zero-order valence-electron chi connectivity index (χ0n) is 16.2. The third kappa shape index (κ3) is 5.34. The van der Waals surface area contributed by atoms with Crippen LogP contribution in [0.3, 0.4) is 0 Å². The van der Waals surface area contributed by atoms with Crippen molar-refractivity contribution in [3.8, 4) is 0 Å². The summed E-state index contributed by atoms with van der Waals surface area (Å²) in [5.74, 6) is 0. The fourth-order valence-electron chi connectivity index (χ4n) is 3.09. The Kier molecular flexibility index (Phi) is 6.22. The van der Waals surface area contributed by atoms with E-state index in [1.54, 1.807) is 0 Å². The van der Waals surface area contributed by atoms with Gasteiger partial charge in [-0.15, -0.1) is 0 Å². The van der Waals surface area contributed by atoms with Crippen molar-refractivity contribution in [1.82, 2.24) is 0 Å². The molecule has 0 aliphatic heterocycles. The van der Waals surface area contributed by atoms with Gasteiger partial charge in [-0.1, -0.05) is 91.0 Å². The number of hydrogen-bond acceptors (Lipinski definition) is 0. The van der Waals surface area contributed by atoms with E-state index in [1.165, 1.54) is 16.4 Å². The van der Waals surface area contributed by atoms with Gasteiger partial charge in [0, 0.05) is 0 Å². The molecule has 0 unspecified atom stereocenters. The molecule has 3 aromatic rings. The predicted molar refractivity (Wildman–Crippen MR) is 114 cm³/mol. The summed E-state index contributed by atoms with van der Waals surface area (Å²) in [6.45, 7) is 2.36. The SMILES string of the molecule is C[B-](c1ccccc1)(c1ccccc1)c1ccccc1.C[N+](C)(C)C. The number of rotatable bonds is 3. The zero-order chi connectivity index (χ0) is 18.3. The van der Waals surface area contributed by atoms with Gasteiger partial charge in [0.2, 0.25) is 0 Å². The van der Waals surface area contributed by atoms with Gasteiger partial charge >= 0.3 is 0 Å². The van der Waals surface area contributed by atoms with Gasteiger partial charge in [0.25, 0.3) is 0 Å². The summed E-state index contributed by atoms with van der Waals surface area (Å²) < 4.78 is 1.00. The van der Waals surface area contributed by atoms with Crippen molar-refractivity contribution in [2.75, 3.05) is 28.2 Å². The van der Waals surface area contributed by atoms with Gasteiger partial charge in [-0.05, 0) is 0 Å². The van der Waals surface area contributed by atoms with Crippen molar-refractivity contribution in [1.29, 1.82) is 0 Å². The van der Waals surface area contributed by atoms with E-state index in [0.717, 1.165) is 4.48 Å². The molecule has 0 saturated carbocycles. The van der Waals surface area contributed by atoms with Gasteiger partial charge in [0.1, 0.15) is 0 Å². The highest BCUT2D eigenvalue weighted by Gasteiger charge is 2.23. The van der Waals surface area contributed by atoms with Crippen LogP contribution in [0.5, 0.6) is 0 Å². The van der Waals surface area contributed by atoms with Crippen molar-refractivity contribution in [2.45, 2.75) is 6.82 Å². The Bertz CT molecular complexity index is 644. The van der Waals surface area contributed by atoms with Crippen molar-refractivity contribution >= 4 is 22.5 Å².